The van der Waals surface area contributed by atoms with Crippen molar-refractivity contribution in [1.82, 2.24) is 29.9 Å². The number of nitrogens with zero attached hydrogens (tertiary/aromatic N) is 8. The lowest BCUT2D eigenvalue weighted by Crippen LogP contribution is -2.24. The van der Waals surface area contributed by atoms with Crippen molar-refractivity contribution in [3.05, 3.63) is 47.5 Å². The summed E-state index contributed by atoms with van der Waals surface area (Å²) in [6.45, 7) is 1.03. The van der Waals surface area contributed by atoms with Crippen molar-refractivity contribution in [3.8, 4) is 0 Å². The first kappa shape index (κ1) is 48.0. The van der Waals surface area contributed by atoms with Gasteiger partial charge in [-0.15, -0.1) is 0 Å². The summed E-state index contributed by atoms with van der Waals surface area (Å²) in [5.74, 6) is -1.62. The number of aromatic nitrogens is 6. The smallest absolute Gasteiger partial charge is 0.295 e. The van der Waals surface area contributed by atoms with Crippen molar-refractivity contribution in [2.75, 3.05) is 95.1 Å². The van der Waals surface area contributed by atoms with Gasteiger partial charge in [-0.1, -0.05) is 24.3 Å². The molecule has 0 bridgehead atoms. The van der Waals surface area contributed by atoms with Crippen LogP contribution in [0.5, 0.6) is 0 Å². The van der Waals surface area contributed by atoms with Gasteiger partial charge in [-0.25, -0.2) is 0 Å². The molecule has 348 valence electrons. The average Bonchev–Trinajstić information content (AvgIpc) is 3.90. The van der Waals surface area contributed by atoms with Gasteiger partial charge in [0.1, 0.15) is 9.79 Å². The molecule has 0 spiro atoms. The Morgan fingerprint density at radius 3 is 1.27 bits per heavy atom. The average molecular weight is 973 g/mol. The zero-order valence-electron chi connectivity index (χ0n) is 33.4. The first-order valence-electron chi connectivity index (χ1n) is 19.1. The zero-order valence-corrected chi connectivity index (χ0v) is 36.7. The third kappa shape index (κ3) is 13.5. The molecule has 2 unspecified atom stereocenters. The summed E-state index contributed by atoms with van der Waals surface area (Å²) in [5, 5.41) is 30.2. The van der Waals surface area contributed by atoms with E-state index in [1.54, 1.807) is 9.80 Å². The molecule has 0 radical (unpaired) electrons. The second-order valence-electron chi connectivity index (χ2n) is 14.6. The zero-order chi connectivity index (χ0) is 46.5. The van der Waals surface area contributed by atoms with Crippen LogP contribution in [0.3, 0.4) is 0 Å². The van der Waals surface area contributed by atoms with Crippen LogP contribution in [0.1, 0.15) is 24.0 Å². The molecule has 6 rings (SSSR count). The highest BCUT2D eigenvalue weighted by molar-refractivity contribution is 7.86. The summed E-state index contributed by atoms with van der Waals surface area (Å²) in [6, 6.07) is 7.40. The highest BCUT2D eigenvalue weighted by Gasteiger charge is 2.27. The van der Waals surface area contributed by atoms with E-state index in [0.717, 1.165) is 12.1 Å². The molecule has 2 aliphatic rings. The Hall–Kier alpha value is -5.44. The highest BCUT2D eigenvalue weighted by atomic mass is 32.2. The van der Waals surface area contributed by atoms with Crippen molar-refractivity contribution < 1.29 is 62.1 Å². The van der Waals surface area contributed by atoms with Crippen molar-refractivity contribution >= 4 is 99.7 Å². The van der Waals surface area contributed by atoms with Gasteiger partial charge >= 0.3 is 0 Å². The van der Waals surface area contributed by atoms with Crippen molar-refractivity contribution in [2.24, 2.45) is 11.8 Å². The summed E-state index contributed by atoms with van der Waals surface area (Å²) in [6.07, 6.45) is 3.61. The lowest BCUT2D eigenvalue weighted by molar-refractivity contribution is 0.238. The van der Waals surface area contributed by atoms with E-state index in [9.17, 15) is 53.0 Å². The van der Waals surface area contributed by atoms with Crippen molar-refractivity contribution in [1.29, 1.82) is 0 Å². The van der Waals surface area contributed by atoms with Crippen LogP contribution >= 0.6 is 0 Å². The van der Waals surface area contributed by atoms with Gasteiger partial charge in [0.15, 0.2) is 0 Å². The lowest BCUT2D eigenvalue weighted by Gasteiger charge is -2.18. The number of hydrogen-bond acceptors (Lipinski definition) is 22. The Bertz CT molecular complexity index is 2650. The Kier molecular flexibility index (Phi) is 14.8. The second-order valence-corrected chi connectivity index (χ2v) is 20.5. The van der Waals surface area contributed by atoms with Gasteiger partial charge in [-0.3, -0.25) is 18.2 Å². The summed E-state index contributed by atoms with van der Waals surface area (Å²) < 4.78 is 134. The number of aliphatic hydroxyl groups excluding tert-OH is 2. The molecule has 26 nitrogen and oxygen atoms in total. The SMILES string of the molecule is O=S(=O)(O)CCNc1nc(Nc2ccc(/C=C/c3ccc(Nc4nc(NCCS(=O)(=O)O)nc(N5CCC(CO)C5)n4)cc3S(=O)(=O)O)c(S(=O)(=O)O)c2)nc(N2CCC(CO)C2)n1. The second kappa shape index (κ2) is 19.7. The maximum Gasteiger partial charge on any atom is 0.295 e. The third-order valence-electron chi connectivity index (χ3n) is 9.72. The van der Waals surface area contributed by atoms with Gasteiger partial charge in [-0.2, -0.15) is 63.6 Å². The van der Waals surface area contributed by atoms with E-state index in [-0.39, 0.29) is 96.3 Å². The molecule has 30 heteroatoms. The van der Waals surface area contributed by atoms with Crippen molar-refractivity contribution in [2.45, 2.75) is 22.6 Å². The number of hydrogen-bond donors (Lipinski definition) is 10. The van der Waals surface area contributed by atoms with Gasteiger partial charge in [0.25, 0.3) is 40.5 Å². The Balaban J connectivity index is 1.27. The third-order valence-corrected chi connectivity index (χ3v) is 13.0. The number of rotatable bonds is 20. The van der Waals surface area contributed by atoms with Crippen LogP contribution in [0, 0.1) is 11.8 Å². The molecule has 0 amide bonds. The predicted octanol–water partition coefficient (Wildman–Crippen LogP) is 0.444. The first-order chi connectivity index (χ1) is 30.0. The fourth-order valence-electron chi connectivity index (χ4n) is 6.58. The van der Waals surface area contributed by atoms with E-state index >= 15 is 0 Å². The molecule has 4 aromatic rings. The van der Waals surface area contributed by atoms with Crippen LogP contribution in [-0.4, -0.2) is 156 Å². The molecule has 0 saturated carbocycles. The normalized spacial score (nSPS) is 17.3. The molecular formula is C34H44N12O14S4. The summed E-state index contributed by atoms with van der Waals surface area (Å²) in [5.41, 5.74) is -0.147. The summed E-state index contributed by atoms with van der Waals surface area (Å²) in [7, 11) is -18.6. The monoisotopic (exact) mass is 972 g/mol. The number of anilines is 8. The van der Waals surface area contributed by atoms with E-state index in [2.05, 4.69) is 51.2 Å². The first-order valence-corrected chi connectivity index (χ1v) is 25.2. The van der Waals surface area contributed by atoms with Crippen LogP contribution < -0.4 is 31.1 Å². The van der Waals surface area contributed by atoms with Gasteiger partial charge in [-0.05, 0) is 48.2 Å². The van der Waals surface area contributed by atoms with Gasteiger partial charge in [0, 0.05) is 75.7 Å². The molecule has 2 aromatic carbocycles. The molecule has 2 aromatic heterocycles. The fraction of sp³-hybridized carbons (Fsp3) is 0.412. The predicted molar refractivity (Wildman–Crippen MR) is 232 cm³/mol. The molecule has 10 N–H and O–H groups in total. The minimum absolute atomic E-state index is 0.0470. The minimum atomic E-state index is -4.96. The van der Waals surface area contributed by atoms with Crippen LogP contribution in [0.4, 0.5) is 47.1 Å². The lowest BCUT2D eigenvalue weighted by atomic mass is 10.1. The molecule has 0 aliphatic carbocycles. The standard InChI is InChI=1S/C34H44N12O14S4/c47-19-21-7-11-45(17-21)33-41-29(35-9-13-61(49,50)51)39-31(43-33)37-25-5-3-23(27(15-25)63(55,56)57)1-2-24-4-6-26(16-28(24)64(58,59)60)38-32-40-30(36-10-14-62(52,53)54)42-34(44-32)46-12-8-22(18-46)20-48/h1-6,15-16,21-22,47-48H,7-14,17-20H2,(H,49,50,51)(H,52,53,54)(H,55,56,57)(H,58,59,60)(H2,35,37,39,41,43)(H2,36,38,40,42,44)/b2-1+. The summed E-state index contributed by atoms with van der Waals surface area (Å²) >= 11 is 0. The van der Waals surface area contributed by atoms with Crippen LogP contribution in [-0.2, 0) is 40.5 Å². The Labute approximate surface area is 367 Å². The molecule has 2 saturated heterocycles. The van der Waals surface area contributed by atoms with E-state index in [1.807, 2.05) is 0 Å². The molecular weight excluding hydrogens is 929 g/mol. The Morgan fingerprint density at radius 2 is 0.938 bits per heavy atom. The Morgan fingerprint density at radius 1 is 0.562 bits per heavy atom. The number of nitrogens with one attached hydrogen (secondary N) is 4. The molecule has 2 aliphatic heterocycles. The quantitative estimate of drug-likeness (QED) is 0.0424. The molecule has 4 heterocycles. The fourth-order valence-corrected chi connectivity index (χ4v) is 8.72. The summed E-state index contributed by atoms with van der Waals surface area (Å²) in [4.78, 5) is 28.0. The number of benzene rings is 2. The minimum Gasteiger partial charge on any atom is -0.396 e. The van der Waals surface area contributed by atoms with E-state index in [1.165, 1.54) is 36.4 Å². The largest absolute Gasteiger partial charge is 0.396 e. The van der Waals surface area contributed by atoms with E-state index in [4.69, 9.17) is 9.11 Å². The molecule has 64 heavy (non-hydrogen) atoms. The highest BCUT2D eigenvalue weighted by Crippen LogP contribution is 2.30. The van der Waals surface area contributed by atoms with Crippen LogP contribution in [0.25, 0.3) is 12.2 Å². The van der Waals surface area contributed by atoms with Crippen LogP contribution in [0.15, 0.2) is 46.2 Å². The van der Waals surface area contributed by atoms with Gasteiger partial charge < -0.3 is 41.3 Å². The van der Waals surface area contributed by atoms with Crippen LogP contribution in [0.2, 0.25) is 0 Å². The maximum atomic E-state index is 12.6. The van der Waals surface area contributed by atoms with Gasteiger partial charge in [0.2, 0.25) is 35.7 Å². The van der Waals surface area contributed by atoms with E-state index < -0.39 is 61.8 Å². The topological polar surface area (TPSA) is 390 Å². The molecule has 2 atom stereocenters. The van der Waals surface area contributed by atoms with Gasteiger partial charge in [0.05, 0.1) is 11.5 Å². The number of aliphatic hydroxyl groups is 2. The van der Waals surface area contributed by atoms with E-state index in [0.29, 0.717) is 39.0 Å². The van der Waals surface area contributed by atoms with Crippen molar-refractivity contribution in [3.63, 3.8) is 0 Å². The maximum absolute atomic E-state index is 12.6. The molecule has 2 fully saturated rings.